The maximum atomic E-state index is 5.66. The van der Waals surface area contributed by atoms with Crippen molar-refractivity contribution in [1.82, 2.24) is 0 Å². The molecule has 0 aromatic rings. The summed E-state index contributed by atoms with van der Waals surface area (Å²) in [4.78, 5) is 0. The molecular formula is C23H50O2Si. The molecule has 0 unspecified atom stereocenters. The Morgan fingerprint density at radius 1 is 0.538 bits per heavy atom. The van der Waals surface area contributed by atoms with Gasteiger partial charge >= 0.3 is 0 Å². The Morgan fingerprint density at radius 2 is 0.962 bits per heavy atom. The van der Waals surface area contributed by atoms with Gasteiger partial charge in [-0.3, -0.25) is 0 Å². The van der Waals surface area contributed by atoms with Gasteiger partial charge in [0, 0.05) is 27.9 Å². The highest BCUT2D eigenvalue weighted by molar-refractivity contribution is 6.76. The second kappa shape index (κ2) is 18.5. The predicted molar refractivity (Wildman–Crippen MR) is 120 cm³/mol. The molecule has 0 saturated carbocycles. The first-order valence-corrected chi connectivity index (χ1v) is 15.3. The summed E-state index contributed by atoms with van der Waals surface area (Å²) in [7, 11) is -0.785. The summed E-state index contributed by atoms with van der Waals surface area (Å²) >= 11 is 0. The molecule has 0 aliphatic carbocycles. The molecule has 0 rings (SSSR count). The maximum Gasteiger partial charge on any atom is 0.0518 e. The number of rotatable bonds is 20. The lowest BCUT2D eigenvalue weighted by Gasteiger charge is -2.14. The fraction of sp³-hybridized carbons (Fsp3) is 1.00. The van der Waals surface area contributed by atoms with Crippen LogP contribution in [0.25, 0.3) is 0 Å². The number of hydrogen-bond acceptors (Lipinski definition) is 2. The highest BCUT2D eigenvalue weighted by Crippen LogP contribution is 2.16. The van der Waals surface area contributed by atoms with Gasteiger partial charge in [-0.2, -0.15) is 0 Å². The Balaban J connectivity index is 3.03. The van der Waals surface area contributed by atoms with E-state index < -0.39 is 8.07 Å². The fourth-order valence-electron chi connectivity index (χ4n) is 3.21. The molecular weight excluding hydrogens is 336 g/mol. The quantitative estimate of drug-likeness (QED) is 0.157. The minimum absolute atomic E-state index is 0.342. The third kappa shape index (κ3) is 24.1. The lowest BCUT2D eigenvalue weighted by atomic mass is 10.1. The van der Waals surface area contributed by atoms with Crippen LogP contribution in [0.4, 0.5) is 0 Å². The van der Waals surface area contributed by atoms with E-state index in [1.807, 2.05) is 0 Å². The van der Waals surface area contributed by atoms with Gasteiger partial charge in [-0.15, -0.1) is 0 Å². The van der Waals surface area contributed by atoms with Gasteiger partial charge in [0.2, 0.25) is 0 Å². The van der Waals surface area contributed by atoms with Gasteiger partial charge in [0.05, 0.1) is 6.10 Å². The highest BCUT2D eigenvalue weighted by atomic mass is 28.3. The Bertz CT molecular complexity index is 274. The molecule has 0 aliphatic rings. The van der Waals surface area contributed by atoms with E-state index in [4.69, 9.17) is 9.47 Å². The van der Waals surface area contributed by atoms with Crippen molar-refractivity contribution in [2.45, 2.75) is 129 Å². The highest BCUT2D eigenvalue weighted by Gasteiger charge is 2.11. The van der Waals surface area contributed by atoms with Crippen LogP contribution < -0.4 is 0 Å². The first-order valence-electron chi connectivity index (χ1n) is 11.6. The van der Waals surface area contributed by atoms with E-state index in [-0.39, 0.29) is 0 Å². The van der Waals surface area contributed by atoms with Crippen LogP contribution in [0, 0.1) is 0 Å². The summed E-state index contributed by atoms with van der Waals surface area (Å²) in [6.07, 6.45) is 18.4. The van der Waals surface area contributed by atoms with Crippen molar-refractivity contribution in [3.05, 3.63) is 0 Å². The van der Waals surface area contributed by atoms with Crippen LogP contribution >= 0.6 is 0 Å². The summed E-state index contributed by atoms with van der Waals surface area (Å²) in [5.74, 6) is 0. The third-order valence-electron chi connectivity index (χ3n) is 4.85. The summed E-state index contributed by atoms with van der Waals surface area (Å²) < 4.78 is 11.2. The van der Waals surface area contributed by atoms with E-state index in [1.54, 1.807) is 0 Å². The van der Waals surface area contributed by atoms with Gasteiger partial charge in [-0.1, -0.05) is 96.3 Å². The topological polar surface area (TPSA) is 18.5 Å². The zero-order valence-electron chi connectivity index (χ0n) is 18.9. The molecule has 26 heavy (non-hydrogen) atoms. The summed E-state index contributed by atoms with van der Waals surface area (Å²) in [6.45, 7) is 14.2. The fourth-order valence-corrected chi connectivity index (χ4v) is 4.52. The van der Waals surface area contributed by atoms with Crippen molar-refractivity contribution >= 4 is 8.07 Å². The molecule has 0 aromatic carbocycles. The SMILES string of the molecule is CC(C)OCCCOCCCCCCCCCCCCCC[Si](C)(C)C. The van der Waals surface area contributed by atoms with Crippen LogP contribution in [0.15, 0.2) is 0 Å². The average molecular weight is 387 g/mol. The minimum atomic E-state index is -0.785. The molecule has 0 saturated heterocycles. The van der Waals surface area contributed by atoms with Crippen LogP contribution in [0.5, 0.6) is 0 Å². The second-order valence-electron chi connectivity index (χ2n) is 9.44. The number of ether oxygens (including phenoxy) is 2. The number of unbranched alkanes of at least 4 members (excludes halogenated alkanes) is 11. The summed E-state index contributed by atoms with van der Waals surface area (Å²) in [5, 5.41) is 0. The largest absolute Gasteiger partial charge is 0.381 e. The Hall–Kier alpha value is 0.137. The normalized spacial score (nSPS) is 12.2. The van der Waals surface area contributed by atoms with E-state index in [1.165, 1.54) is 83.1 Å². The molecule has 0 heterocycles. The van der Waals surface area contributed by atoms with Gasteiger partial charge in [-0.05, 0) is 26.7 Å². The van der Waals surface area contributed by atoms with Crippen molar-refractivity contribution < 1.29 is 9.47 Å². The molecule has 158 valence electrons. The van der Waals surface area contributed by atoms with Gasteiger partial charge in [-0.25, -0.2) is 0 Å². The third-order valence-corrected chi connectivity index (χ3v) is 6.70. The maximum absolute atomic E-state index is 5.66. The van der Waals surface area contributed by atoms with Gasteiger partial charge < -0.3 is 9.47 Å². The predicted octanol–water partition coefficient (Wildman–Crippen LogP) is 7.84. The van der Waals surface area contributed by atoms with Crippen LogP contribution in [-0.4, -0.2) is 34.0 Å². The first kappa shape index (κ1) is 26.1. The Kier molecular flexibility index (Phi) is 18.6. The smallest absolute Gasteiger partial charge is 0.0518 e. The van der Waals surface area contributed by atoms with Gasteiger partial charge in [0.15, 0.2) is 0 Å². The minimum Gasteiger partial charge on any atom is -0.381 e. The van der Waals surface area contributed by atoms with Crippen LogP contribution in [-0.2, 0) is 9.47 Å². The van der Waals surface area contributed by atoms with Crippen molar-refractivity contribution in [1.29, 1.82) is 0 Å². The standard InChI is InChI=1S/C23H50O2Si/c1-23(2)25-21-18-20-24-19-16-14-12-10-8-6-7-9-11-13-15-17-22-26(3,4)5/h23H,6-22H2,1-5H3. The van der Waals surface area contributed by atoms with E-state index in [2.05, 4.69) is 33.5 Å². The van der Waals surface area contributed by atoms with E-state index in [0.717, 1.165) is 26.2 Å². The number of hydrogen-bond donors (Lipinski definition) is 0. The van der Waals surface area contributed by atoms with Crippen molar-refractivity contribution in [3.63, 3.8) is 0 Å². The molecule has 0 atom stereocenters. The second-order valence-corrected chi connectivity index (χ2v) is 15.1. The molecule has 2 nitrogen and oxygen atoms in total. The van der Waals surface area contributed by atoms with Crippen molar-refractivity contribution in [3.8, 4) is 0 Å². The monoisotopic (exact) mass is 386 g/mol. The van der Waals surface area contributed by atoms with E-state index >= 15 is 0 Å². The van der Waals surface area contributed by atoms with Crippen LogP contribution in [0.3, 0.4) is 0 Å². The van der Waals surface area contributed by atoms with Gasteiger partial charge in [0.25, 0.3) is 0 Å². The van der Waals surface area contributed by atoms with Gasteiger partial charge in [0.1, 0.15) is 0 Å². The molecule has 0 aromatic heterocycles. The average Bonchev–Trinajstić information content (AvgIpc) is 2.55. The summed E-state index contributed by atoms with van der Waals surface area (Å²) in [5.41, 5.74) is 0. The molecule has 0 bridgehead atoms. The Labute approximate surface area is 166 Å². The molecule has 0 radical (unpaired) electrons. The van der Waals surface area contributed by atoms with Crippen LogP contribution in [0.2, 0.25) is 25.7 Å². The molecule has 0 spiro atoms. The molecule has 0 aliphatic heterocycles. The zero-order valence-corrected chi connectivity index (χ0v) is 19.9. The van der Waals surface area contributed by atoms with E-state index in [9.17, 15) is 0 Å². The van der Waals surface area contributed by atoms with Crippen molar-refractivity contribution in [2.24, 2.45) is 0 Å². The Morgan fingerprint density at radius 3 is 1.42 bits per heavy atom. The zero-order chi connectivity index (χ0) is 19.5. The van der Waals surface area contributed by atoms with Crippen molar-refractivity contribution in [2.75, 3.05) is 19.8 Å². The lowest BCUT2D eigenvalue weighted by molar-refractivity contribution is 0.0507. The van der Waals surface area contributed by atoms with E-state index in [0.29, 0.717) is 6.10 Å². The first-order chi connectivity index (χ1) is 12.4. The lowest BCUT2D eigenvalue weighted by Crippen LogP contribution is -2.18. The molecule has 0 fully saturated rings. The van der Waals surface area contributed by atoms with Crippen LogP contribution in [0.1, 0.15) is 97.3 Å². The molecule has 0 amide bonds. The molecule has 3 heteroatoms. The molecule has 0 N–H and O–H groups in total. The summed E-state index contributed by atoms with van der Waals surface area (Å²) in [6, 6.07) is 1.52.